The maximum atomic E-state index is 9.40. The maximum Gasteiger partial charge on any atom is 0.156 e. The van der Waals surface area contributed by atoms with Crippen LogP contribution in [-0.4, -0.2) is 5.11 Å². The van der Waals surface area contributed by atoms with Crippen LogP contribution in [0, 0.1) is 0 Å². The van der Waals surface area contributed by atoms with Gasteiger partial charge in [0.15, 0.2) is 6.10 Å². The first kappa shape index (κ1) is 9.33. The van der Waals surface area contributed by atoms with Crippen LogP contribution in [0.4, 0.5) is 0 Å². The summed E-state index contributed by atoms with van der Waals surface area (Å²) in [4.78, 5) is 0. The van der Waals surface area contributed by atoms with Gasteiger partial charge in [-0.2, -0.15) is 0 Å². The van der Waals surface area contributed by atoms with E-state index < -0.39 is 0 Å². The van der Waals surface area contributed by atoms with Crippen molar-refractivity contribution >= 4 is 0 Å². The number of ether oxygens (including phenoxy) is 1. The van der Waals surface area contributed by atoms with E-state index in [0.29, 0.717) is 0 Å². The molecule has 2 aromatic rings. The Kier molecular flexibility index (Phi) is 2.10. The Morgan fingerprint density at radius 3 is 3.00 bits per heavy atom. The molecule has 16 heavy (non-hydrogen) atoms. The van der Waals surface area contributed by atoms with E-state index in [9.17, 15) is 5.11 Å². The Labute approximate surface area is 93.3 Å². The molecule has 0 bridgehead atoms. The first-order valence-corrected chi connectivity index (χ1v) is 5.35. The minimum atomic E-state index is -0.0377. The molecule has 1 N–H and O–H groups in total. The van der Waals surface area contributed by atoms with Gasteiger partial charge in [0.2, 0.25) is 0 Å². The first-order chi connectivity index (χ1) is 7.83. The van der Waals surface area contributed by atoms with Gasteiger partial charge in [0.25, 0.3) is 0 Å². The Balaban J connectivity index is 1.91. The van der Waals surface area contributed by atoms with Gasteiger partial charge in [0, 0.05) is 6.07 Å². The number of hydrogen-bond donors (Lipinski definition) is 1. The second-order valence-corrected chi connectivity index (χ2v) is 3.95. The number of fused-ring (bicyclic) bond motifs is 1. The van der Waals surface area contributed by atoms with Crippen molar-refractivity contribution in [3.8, 4) is 11.5 Å². The number of benzene rings is 1. The van der Waals surface area contributed by atoms with Gasteiger partial charge in [-0.25, -0.2) is 0 Å². The summed E-state index contributed by atoms with van der Waals surface area (Å²) in [7, 11) is 0. The predicted octanol–water partition coefficient (Wildman–Crippen LogP) is 3.05. The van der Waals surface area contributed by atoms with E-state index in [4.69, 9.17) is 9.15 Å². The highest BCUT2D eigenvalue weighted by molar-refractivity contribution is 5.41. The molecule has 0 saturated carbocycles. The average Bonchev–Trinajstić information content (AvgIpc) is 2.81. The standard InChI is InChI=1S/C13H12O3/c14-10-5-3-9-4-6-12(16-13(9)8-10)11-2-1-7-15-11/h1-3,5,7-8,12,14H,4,6H2/t12-/m0/s1. The molecule has 3 nitrogen and oxygen atoms in total. The maximum absolute atomic E-state index is 9.40. The van der Waals surface area contributed by atoms with E-state index in [2.05, 4.69) is 0 Å². The number of phenolic OH excluding ortho intramolecular Hbond substituents is 1. The van der Waals surface area contributed by atoms with Gasteiger partial charge >= 0.3 is 0 Å². The van der Waals surface area contributed by atoms with Crippen molar-refractivity contribution in [2.24, 2.45) is 0 Å². The Morgan fingerprint density at radius 1 is 1.25 bits per heavy atom. The van der Waals surface area contributed by atoms with E-state index in [0.717, 1.165) is 29.9 Å². The van der Waals surface area contributed by atoms with Crippen LogP contribution in [0.25, 0.3) is 0 Å². The summed E-state index contributed by atoms with van der Waals surface area (Å²) in [5.41, 5.74) is 1.14. The van der Waals surface area contributed by atoms with Crippen LogP contribution in [0.15, 0.2) is 41.0 Å². The summed E-state index contributed by atoms with van der Waals surface area (Å²) in [6, 6.07) is 9.03. The third-order valence-corrected chi connectivity index (χ3v) is 2.86. The van der Waals surface area contributed by atoms with Gasteiger partial charge < -0.3 is 14.3 Å². The van der Waals surface area contributed by atoms with Crippen LogP contribution in [-0.2, 0) is 6.42 Å². The zero-order chi connectivity index (χ0) is 11.0. The van der Waals surface area contributed by atoms with Crippen LogP contribution in [0.3, 0.4) is 0 Å². The summed E-state index contributed by atoms with van der Waals surface area (Å²) in [6.07, 6.45) is 3.47. The van der Waals surface area contributed by atoms with Crippen LogP contribution in [0.5, 0.6) is 11.5 Å². The Morgan fingerprint density at radius 2 is 2.19 bits per heavy atom. The lowest BCUT2D eigenvalue weighted by Gasteiger charge is -2.24. The average molecular weight is 216 g/mol. The lowest BCUT2D eigenvalue weighted by Crippen LogP contribution is -2.14. The largest absolute Gasteiger partial charge is 0.508 e. The second-order valence-electron chi connectivity index (χ2n) is 3.95. The zero-order valence-electron chi connectivity index (χ0n) is 8.72. The van der Waals surface area contributed by atoms with Gasteiger partial charge in [0.05, 0.1) is 6.26 Å². The van der Waals surface area contributed by atoms with E-state index in [1.807, 2.05) is 18.2 Å². The summed E-state index contributed by atoms with van der Waals surface area (Å²) in [5, 5.41) is 9.40. The molecule has 0 amide bonds. The number of rotatable bonds is 1. The van der Waals surface area contributed by atoms with Crippen molar-refractivity contribution in [1.82, 2.24) is 0 Å². The van der Waals surface area contributed by atoms with E-state index >= 15 is 0 Å². The predicted molar refractivity (Wildman–Crippen MR) is 58.5 cm³/mol. The monoisotopic (exact) mass is 216 g/mol. The lowest BCUT2D eigenvalue weighted by molar-refractivity contribution is 0.150. The zero-order valence-corrected chi connectivity index (χ0v) is 8.72. The highest BCUT2D eigenvalue weighted by Gasteiger charge is 2.23. The number of aryl methyl sites for hydroxylation is 1. The fourth-order valence-electron chi connectivity index (χ4n) is 2.03. The third kappa shape index (κ3) is 1.54. The van der Waals surface area contributed by atoms with Gasteiger partial charge in [-0.05, 0) is 36.6 Å². The summed E-state index contributed by atoms with van der Waals surface area (Å²) in [6.45, 7) is 0. The Hall–Kier alpha value is -1.90. The molecule has 3 rings (SSSR count). The van der Waals surface area contributed by atoms with Gasteiger partial charge in [-0.15, -0.1) is 0 Å². The van der Waals surface area contributed by atoms with Gasteiger partial charge in [-0.3, -0.25) is 0 Å². The van der Waals surface area contributed by atoms with Crippen molar-refractivity contribution in [1.29, 1.82) is 0 Å². The molecule has 82 valence electrons. The normalized spacial score (nSPS) is 18.9. The van der Waals surface area contributed by atoms with E-state index in [1.165, 1.54) is 0 Å². The second kappa shape index (κ2) is 3.59. The van der Waals surface area contributed by atoms with Crippen molar-refractivity contribution in [3.63, 3.8) is 0 Å². The molecule has 0 radical (unpaired) electrons. The minimum Gasteiger partial charge on any atom is -0.508 e. The van der Waals surface area contributed by atoms with Crippen LogP contribution in [0.2, 0.25) is 0 Å². The quantitative estimate of drug-likeness (QED) is 0.796. The molecule has 0 unspecified atom stereocenters. The molecule has 1 aliphatic rings. The SMILES string of the molecule is Oc1ccc2c(c1)O[C@H](c1ccco1)CC2. The molecule has 0 fully saturated rings. The molecular formula is C13H12O3. The summed E-state index contributed by atoms with van der Waals surface area (Å²) < 4.78 is 11.1. The molecule has 0 saturated heterocycles. The Bertz CT molecular complexity index is 488. The molecule has 2 heterocycles. The van der Waals surface area contributed by atoms with Crippen molar-refractivity contribution in [2.45, 2.75) is 18.9 Å². The van der Waals surface area contributed by atoms with E-state index in [-0.39, 0.29) is 11.9 Å². The molecule has 1 aromatic carbocycles. The molecule has 3 heteroatoms. The highest BCUT2D eigenvalue weighted by atomic mass is 16.5. The molecular weight excluding hydrogens is 204 g/mol. The number of furan rings is 1. The fourth-order valence-corrected chi connectivity index (χ4v) is 2.03. The van der Waals surface area contributed by atoms with Gasteiger partial charge in [-0.1, -0.05) is 6.07 Å². The molecule has 1 aromatic heterocycles. The fraction of sp³-hybridized carbons (Fsp3) is 0.231. The lowest BCUT2D eigenvalue weighted by atomic mass is 10.0. The van der Waals surface area contributed by atoms with E-state index in [1.54, 1.807) is 18.4 Å². The number of aromatic hydroxyl groups is 1. The van der Waals surface area contributed by atoms with Crippen LogP contribution in [0.1, 0.15) is 23.8 Å². The van der Waals surface area contributed by atoms with Crippen molar-refractivity contribution in [2.75, 3.05) is 0 Å². The van der Waals surface area contributed by atoms with Gasteiger partial charge in [0.1, 0.15) is 17.3 Å². The van der Waals surface area contributed by atoms with Crippen molar-refractivity contribution < 1.29 is 14.3 Å². The number of phenols is 1. The molecule has 1 atom stereocenters. The minimum absolute atomic E-state index is 0.0377. The molecule has 1 aliphatic heterocycles. The summed E-state index contributed by atoms with van der Waals surface area (Å²) in [5.74, 6) is 1.83. The topological polar surface area (TPSA) is 42.6 Å². The third-order valence-electron chi connectivity index (χ3n) is 2.86. The first-order valence-electron chi connectivity index (χ1n) is 5.35. The summed E-state index contributed by atoms with van der Waals surface area (Å²) >= 11 is 0. The highest BCUT2D eigenvalue weighted by Crippen LogP contribution is 2.36. The van der Waals surface area contributed by atoms with Crippen LogP contribution >= 0.6 is 0 Å². The van der Waals surface area contributed by atoms with Crippen molar-refractivity contribution in [3.05, 3.63) is 47.9 Å². The smallest absolute Gasteiger partial charge is 0.156 e. The molecule has 0 spiro atoms. The number of hydrogen-bond acceptors (Lipinski definition) is 3. The van der Waals surface area contributed by atoms with Crippen LogP contribution < -0.4 is 4.74 Å². The molecule has 0 aliphatic carbocycles.